The molecular formula is C17H35IN4OS. The molecule has 0 aliphatic carbocycles. The number of likely N-dealkylation sites (N-methyl/N-ethyl adjacent to an activating group) is 1. The molecule has 0 amide bonds. The van der Waals surface area contributed by atoms with Crippen molar-refractivity contribution in [2.24, 2.45) is 10.9 Å². The summed E-state index contributed by atoms with van der Waals surface area (Å²) in [6.45, 7) is 9.47. The number of aliphatic imine (C=N–C) groups is 1. The summed E-state index contributed by atoms with van der Waals surface area (Å²) >= 11 is 2.10. The van der Waals surface area contributed by atoms with Crippen LogP contribution in [0.15, 0.2) is 4.99 Å². The topological polar surface area (TPSA) is 40.1 Å². The number of thioether (sulfide) groups is 1. The summed E-state index contributed by atoms with van der Waals surface area (Å²) < 4.78 is 5.57. The number of hydrogen-bond acceptors (Lipinski definition) is 4. The summed E-state index contributed by atoms with van der Waals surface area (Å²) in [5.74, 6) is 2.96. The van der Waals surface area contributed by atoms with E-state index in [0.717, 1.165) is 51.6 Å². The first-order valence-corrected chi connectivity index (χ1v) is 9.86. The molecule has 0 spiro atoms. The van der Waals surface area contributed by atoms with Gasteiger partial charge in [-0.15, -0.1) is 24.0 Å². The maximum Gasteiger partial charge on any atom is 0.193 e. The lowest BCUT2D eigenvalue weighted by Crippen LogP contribution is -2.58. The highest BCUT2D eigenvalue weighted by Crippen LogP contribution is 2.26. The van der Waals surface area contributed by atoms with Gasteiger partial charge in [0.05, 0.1) is 0 Å². The van der Waals surface area contributed by atoms with Crippen LogP contribution in [0.25, 0.3) is 0 Å². The summed E-state index contributed by atoms with van der Waals surface area (Å²) in [7, 11) is 6.27. The van der Waals surface area contributed by atoms with Crippen molar-refractivity contribution in [3.8, 4) is 0 Å². The van der Waals surface area contributed by atoms with Crippen molar-refractivity contribution in [1.82, 2.24) is 15.1 Å². The Kier molecular flexibility index (Phi) is 9.69. The second kappa shape index (κ2) is 10.4. The van der Waals surface area contributed by atoms with E-state index in [1.165, 1.54) is 5.75 Å². The predicted molar refractivity (Wildman–Crippen MR) is 116 cm³/mol. The van der Waals surface area contributed by atoms with E-state index in [2.05, 4.69) is 59.8 Å². The lowest BCUT2D eigenvalue weighted by molar-refractivity contribution is -0.00525. The summed E-state index contributed by atoms with van der Waals surface area (Å²) in [5.41, 5.74) is 0.177. The number of halogens is 1. The van der Waals surface area contributed by atoms with Crippen molar-refractivity contribution in [1.29, 1.82) is 0 Å². The molecule has 1 N–H and O–H groups in total. The monoisotopic (exact) mass is 470 g/mol. The van der Waals surface area contributed by atoms with Gasteiger partial charge in [-0.1, -0.05) is 13.8 Å². The molecule has 2 fully saturated rings. The maximum absolute atomic E-state index is 5.57. The van der Waals surface area contributed by atoms with Gasteiger partial charge in [-0.25, -0.2) is 0 Å². The zero-order chi connectivity index (χ0) is 16.9. The molecule has 0 aromatic carbocycles. The summed E-state index contributed by atoms with van der Waals surface area (Å²) in [4.78, 5) is 9.35. The van der Waals surface area contributed by atoms with E-state index >= 15 is 0 Å². The fourth-order valence-corrected chi connectivity index (χ4v) is 4.68. The van der Waals surface area contributed by atoms with E-state index in [-0.39, 0.29) is 29.5 Å². The summed E-state index contributed by atoms with van der Waals surface area (Å²) in [5, 5.41) is 4.36. The number of guanidine groups is 1. The minimum absolute atomic E-state index is 0. The van der Waals surface area contributed by atoms with Crippen molar-refractivity contribution in [2.75, 3.05) is 59.7 Å². The fourth-order valence-electron chi connectivity index (χ4n) is 3.38. The van der Waals surface area contributed by atoms with Crippen LogP contribution in [-0.4, -0.2) is 86.3 Å². The number of ether oxygens (including phenoxy) is 1. The van der Waals surface area contributed by atoms with Crippen LogP contribution in [0.2, 0.25) is 0 Å². The van der Waals surface area contributed by atoms with Gasteiger partial charge in [0.25, 0.3) is 0 Å². The van der Waals surface area contributed by atoms with Gasteiger partial charge in [0.2, 0.25) is 0 Å². The van der Waals surface area contributed by atoms with Crippen LogP contribution in [0.3, 0.4) is 0 Å². The molecule has 1 unspecified atom stereocenters. The highest BCUT2D eigenvalue weighted by atomic mass is 127. The van der Waals surface area contributed by atoms with Gasteiger partial charge in [0, 0.05) is 56.4 Å². The molecule has 0 aromatic heterocycles. The Morgan fingerprint density at radius 3 is 2.58 bits per heavy atom. The molecular weight excluding hydrogens is 435 g/mol. The molecule has 2 heterocycles. The maximum atomic E-state index is 5.57. The molecule has 24 heavy (non-hydrogen) atoms. The molecule has 0 aromatic rings. The van der Waals surface area contributed by atoms with Crippen LogP contribution in [0.1, 0.15) is 26.7 Å². The van der Waals surface area contributed by atoms with Crippen molar-refractivity contribution in [3.05, 3.63) is 0 Å². The highest BCUT2D eigenvalue weighted by Gasteiger charge is 2.35. The lowest BCUT2D eigenvalue weighted by Gasteiger charge is -2.44. The third kappa shape index (κ3) is 5.64. The van der Waals surface area contributed by atoms with Crippen LogP contribution in [0, 0.1) is 5.92 Å². The number of nitrogens with one attached hydrogen (secondary N) is 1. The Bertz CT molecular complexity index is 400. The van der Waals surface area contributed by atoms with Crippen LogP contribution in [-0.2, 0) is 4.74 Å². The Morgan fingerprint density at radius 1 is 1.38 bits per heavy atom. The molecule has 2 aliphatic heterocycles. The average molecular weight is 470 g/mol. The first kappa shape index (κ1) is 22.3. The van der Waals surface area contributed by atoms with Crippen LogP contribution < -0.4 is 5.32 Å². The molecule has 2 saturated heterocycles. The van der Waals surface area contributed by atoms with Crippen LogP contribution in [0.4, 0.5) is 0 Å². The van der Waals surface area contributed by atoms with Gasteiger partial charge in [0.15, 0.2) is 5.96 Å². The van der Waals surface area contributed by atoms with E-state index < -0.39 is 0 Å². The van der Waals surface area contributed by atoms with E-state index in [9.17, 15) is 0 Å². The molecule has 2 aliphatic rings. The van der Waals surface area contributed by atoms with Gasteiger partial charge in [0.1, 0.15) is 0 Å². The van der Waals surface area contributed by atoms with E-state index in [4.69, 9.17) is 4.74 Å². The zero-order valence-electron chi connectivity index (χ0n) is 15.9. The van der Waals surface area contributed by atoms with Crippen molar-refractivity contribution < 1.29 is 4.74 Å². The molecule has 0 saturated carbocycles. The quantitative estimate of drug-likeness (QED) is 0.388. The average Bonchev–Trinajstić information content (AvgIpc) is 2.56. The van der Waals surface area contributed by atoms with E-state index in [1.807, 2.05) is 7.05 Å². The van der Waals surface area contributed by atoms with E-state index in [0.29, 0.717) is 11.2 Å². The Labute approximate surface area is 169 Å². The SMILES string of the molecule is CN=C(NCC1(N(C)C)CCOCC1)N1CCSC(C(C)C)C1.I. The van der Waals surface area contributed by atoms with Gasteiger partial charge < -0.3 is 19.9 Å². The summed E-state index contributed by atoms with van der Waals surface area (Å²) in [6.07, 6.45) is 2.16. The van der Waals surface area contributed by atoms with Crippen LogP contribution in [0.5, 0.6) is 0 Å². The first-order chi connectivity index (χ1) is 11.0. The molecule has 1 atom stereocenters. The third-order valence-electron chi connectivity index (χ3n) is 5.30. The minimum Gasteiger partial charge on any atom is -0.381 e. The molecule has 2 rings (SSSR count). The molecule has 0 bridgehead atoms. The number of hydrogen-bond donors (Lipinski definition) is 1. The molecule has 142 valence electrons. The Balaban J connectivity index is 0.00000288. The van der Waals surface area contributed by atoms with Gasteiger partial charge in [-0.05, 0) is 32.9 Å². The van der Waals surface area contributed by atoms with Gasteiger partial charge in [-0.2, -0.15) is 11.8 Å². The fraction of sp³-hybridized carbons (Fsp3) is 0.941. The van der Waals surface area contributed by atoms with E-state index in [1.54, 1.807) is 0 Å². The second-order valence-electron chi connectivity index (χ2n) is 7.23. The Morgan fingerprint density at radius 2 is 2.04 bits per heavy atom. The second-order valence-corrected chi connectivity index (χ2v) is 8.58. The van der Waals surface area contributed by atoms with Gasteiger partial charge in [-0.3, -0.25) is 4.99 Å². The van der Waals surface area contributed by atoms with Crippen molar-refractivity contribution in [3.63, 3.8) is 0 Å². The Hall–Kier alpha value is 0.270. The lowest BCUT2D eigenvalue weighted by atomic mass is 9.88. The molecule has 0 radical (unpaired) electrons. The van der Waals surface area contributed by atoms with Crippen LogP contribution >= 0.6 is 35.7 Å². The number of nitrogens with zero attached hydrogens (tertiary/aromatic N) is 3. The number of rotatable bonds is 4. The van der Waals surface area contributed by atoms with Crippen molar-refractivity contribution in [2.45, 2.75) is 37.5 Å². The standard InChI is InChI=1S/C17H34N4OS.HI/c1-14(2)15-12-21(8-11-23-15)16(18-3)19-13-17(20(4)5)6-9-22-10-7-17;/h14-15H,6-13H2,1-5H3,(H,18,19);1H. The molecule has 5 nitrogen and oxygen atoms in total. The van der Waals surface area contributed by atoms with Gasteiger partial charge >= 0.3 is 0 Å². The van der Waals surface area contributed by atoms with Crippen molar-refractivity contribution >= 4 is 41.7 Å². The summed E-state index contributed by atoms with van der Waals surface area (Å²) in [6, 6.07) is 0. The minimum atomic E-state index is 0. The normalized spacial score (nSPS) is 24.9. The largest absolute Gasteiger partial charge is 0.381 e. The smallest absolute Gasteiger partial charge is 0.193 e. The predicted octanol–water partition coefficient (Wildman–Crippen LogP) is 2.36. The zero-order valence-corrected chi connectivity index (χ0v) is 19.0. The highest BCUT2D eigenvalue weighted by molar-refractivity contribution is 14.0. The molecule has 7 heteroatoms. The third-order valence-corrected chi connectivity index (χ3v) is 6.84. The first-order valence-electron chi connectivity index (χ1n) is 8.81.